The van der Waals surface area contributed by atoms with Crippen LogP contribution in [0.1, 0.15) is 43.5 Å². The van der Waals surface area contributed by atoms with E-state index in [0.717, 1.165) is 17.9 Å². The first-order valence-corrected chi connectivity index (χ1v) is 5.44. The van der Waals surface area contributed by atoms with Gasteiger partial charge in [-0.2, -0.15) is 0 Å². The summed E-state index contributed by atoms with van der Waals surface area (Å²) in [6, 6.07) is 0. The standard InChI is InChI=1S/C12H17NO2/c1-5-9-8(4)10(7(2)3)11-12(13-9)15-6-14-11/h7H,5-6H2,1-4H3. The number of pyridine rings is 1. The molecule has 0 aromatic carbocycles. The Bertz CT molecular complexity index is 385. The molecule has 1 aliphatic heterocycles. The molecule has 0 N–H and O–H groups in total. The Morgan fingerprint density at radius 2 is 2.07 bits per heavy atom. The maximum atomic E-state index is 5.49. The van der Waals surface area contributed by atoms with E-state index in [-0.39, 0.29) is 0 Å². The third-order valence-electron chi connectivity index (χ3n) is 2.82. The van der Waals surface area contributed by atoms with Crippen LogP contribution in [-0.2, 0) is 6.42 Å². The van der Waals surface area contributed by atoms with Crippen LogP contribution in [0.2, 0.25) is 0 Å². The second-order valence-electron chi connectivity index (χ2n) is 4.15. The average Bonchev–Trinajstić information content (AvgIpc) is 2.63. The Morgan fingerprint density at radius 3 is 2.67 bits per heavy atom. The van der Waals surface area contributed by atoms with E-state index in [4.69, 9.17) is 9.47 Å². The van der Waals surface area contributed by atoms with Crippen molar-refractivity contribution in [3.05, 3.63) is 16.8 Å². The Labute approximate surface area is 90.4 Å². The smallest absolute Gasteiger partial charge is 0.260 e. The van der Waals surface area contributed by atoms with Gasteiger partial charge in [-0.1, -0.05) is 20.8 Å². The van der Waals surface area contributed by atoms with Gasteiger partial charge in [-0.15, -0.1) is 0 Å². The molecule has 0 saturated carbocycles. The van der Waals surface area contributed by atoms with Crippen LogP contribution in [-0.4, -0.2) is 11.8 Å². The fraction of sp³-hybridized carbons (Fsp3) is 0.583. The van der Waals surface area contributed by atoms with Gasteiger partial charge < -0.3 is 9.47 Å². The third kappa shape index (κ3) is 1.56. The fourth-order valence-electron chi connectivity index (χ4n) is 2.12. The third-order valence-corrected chi connectivity index (χ3v) is 2.82. The zero-order chi connectivity index (χ0) is 11.0. The number of ether oxygens (including phenoxy) is 2. The monoisotopic (exact) mass is 207 g/mol. The van der Waals surface area contributed by atoms with Crippen molar-refractivity contribution >= 4 is 0 Å². The lowest BCUT2D eigenvalue weighted by molar-refractivity contribution is 0.170. The van der Waals surface area contributed by atoms with Gasteiger partial charge in [-0.25, -0.2) is 4.98 Å². The summed E-state index contributed by atoms with van der Waals surface area (Å²) >= 11 is 0. The second-order valence-corrected chi connectivity index (χ2v) is 4.15. The van der Waals surface area contributed by atoms with Gasteiger partial charge in [0.1, 0.15) is 0 Å². The summed E-state index contributed by atoms with van der Waals surface area (Å²) in [6.45, 7) is 8.87. The van der Waals surface area contributed by atoms with Gasteiger partial charge in [-0.05, 0) is 24.8 Å². The molecule has 0 saturated heterocycles. The van der Waals surface area contributed by atoms with Crippen LogP contribution in [0.4, 0.5) is 0 Å². The fourth-order valence-corrected chi connectivity index (χ4v) is 2.12. The van der Waals surface area contributed by atoms with Crippen molar-refractivity contribution in [3.8, 4) is 11.6 Å². The summed E-state index contributed by atoms with van der Waals surface area (Å²) in [4.78, 5) is 4.47. The highest BCUT2D eigenvalue weighted by Gasteiger charge is 2.24. The van der Waals surface area contributed by atoms with Gasteiger partial charge in [0.2, 0.25) is 6.79 Å². The zero-order valence-electron chi connectivity index (χ0n) is 9.76. The van der Waals surface area contributed by atoms with Crippen LogP contribution < -0.4 is 9.47 Å². The number of nitrogens with zero attached hydrogens (tertiary/aromatic N) is 1. The summed E-state index contributed by atoms with van der Waals surface area (Å²) in [5, 5.41) is 0. The predicted molar refractivity (Wildman–Crippen MR) is 58.6 cm³/mol. The molecule has 82 valence electrons. The molecule has 1 aromatic heterocycles. The van der Waals surface area contributed by atoms with Gasteiger partial charge in [0.05, 0.1) is 0 Å². The summed E-state index contributed by atoms with van der Waals surface area (Å²) in [6.07, 6.45) is 0.933. The number of aromatic nitrogens is 1. The second kappa shape index (κ2) is 3.72. The lowest BCUT2D eigenvalue weighted by Crippen LogP contribution is -2.01. The molecule has 0 bridgehead atoms. The minimum atomic E-state index is 0.300. The molecule has 0 fully saturated rings. The van der Waals surface area contributed by atoms with Gasteiger partial charge in [0.25, 0.3) is 5.88 Å². The molecule has 15 heavy (non-hydrogen) atoms. The normalized spacial score (nSPS) is 13.7. The van der Waals surface area contributed by atoms with E-state index < -0.39 is 0 Å². The molecule has 0 aliphatic carbocycles. The van der Waals surface area contributed by atoms with Gasteiger partial charge in [-0.3, -0.25) is 0 Å². The maximum Gasteiger partial charge on any atom is 0.260 e. The molecule has 0 spiro atoms. The first-order chi connectivity index (χ1) is 7.15. The van der Waals surface area contributed by atoms with E-state index in [9.17, 15) is 0 Å². The van der Waals surface area contributed by atoms with E-state index in [2.05, 4.69) is 32.7 Å². The molecule has 0 atom stereocenters. The minimum Gasteiger partial charge on any atom is -0.451 e. The first kappa shape index (κ1) is 10.3. The van der Waals surface area contributed by atoms with E-state index in [1.54, 1.807) is 0 Å². The Balaban J connectivity index is 2.64. The molecular formula is C12H17NO2. The molecule has 2 heterocycles. The summed E-state index contributed by atoms with van der Waals surface area (Å²) < 4.78 is 10.8. The van der Waals surface area contributed by atoms with Crippen LogP contribution >= 0.6 is 0 Å². The predicted octanol–water partition coefficient (Wildman–Crippen LogP) is 2.80. The Kier molecular flexibility index (Phi) is 2.55. The summed E-state index contributed by atoms with van der Waals surface area (Å²) in [7, 11) is 0. The quantitative estimate of drug-likeness (QED) is 0.747. The van der Waals surface area contributed by atoms with Crippen molar-refractivity contribution in [2.75, 3.05) is 6.79 Å². The van der Waals surface area contributed by atoms with Crippen LogP contribution in [0.5, 0.6) is 11.6 Å². The van der Waals surface area contributed by atoms with Crippen molar-refractivity contribution in [2.24, 2.45) is 0 Å². The van der Waals surface area contributed by atoms with Crippen molar-refractivity contribution in [3.63, 3.8) is 0 Å². The molecule has 0 unspecified atom stereocenters. The topological polar surface area (TPSA) is 31.4 Å². The van der Waals surface area contributed by atoms with E-state index in [1.807, 2.05) is 0 Å². The van der Waals surface area contributed by atoms with Gasteiger partial charge >= 0.3 is 0 Å². The van der Waals surface area contributed by atoms with Crippen molar-refractivity contribution in [1.82, 2.24) is 4.98 Å². The van der Waals surface area contributed by atoms with Crippen LogP contribution in [0.25, 0.3) is 0 Å². The highest BCUT2D eigenvalue weighted by Crippen LogP contribution is 2.40. The largest absolute Gasteiger partial charge is 0.451 e. The highest BCUT2D eigenvalue weighted by molar-refractivity contribution is 5.51. The first-order valence-electron chi connectivity index (χ1n) is 5.44. The van der Waals surface area contributed by atoms with Crippen LogP contribution in [0, 0.1) is 6.92 Å². The molecular weight excluding hydrogens is 190 g/mol. The van der Waals surface area contributed by atoms with E-state index >= 15 is 0 Å². The van der Waals surface area contributed by atoms with Gasteiger partial charge in [0.15, 0.2) is 5.75 Å². The lowest BCUT2D eigenvalue weighted by atomic mass is 9.96. The SMILES string of the molecule is CCc1nc2c(c(C(C)C)c1C)OCO2. The molecule has 2 rings (SSSR count). The Morgan fingerprint density at radius 1 is 1.33 bits per heavy atom. The molecule has 3 nitrogen and oxygen atoms in total. The number of rotatable bonds is 2. The molecule has 1 aromatic rings. The highest BCUT2D eigenvalue weighted by atomic mass is 16.7. The van der Waals surface area contributed by atoms with E-state index in [1.165, 1.54) is 11.1 Å². The average molecular weight is 207 g/mol. The number of aryl methyl sites for hydroxylation is 1. The minimum absolute atomic E-state index is 0.300. The number of hydrogen-bond acceptors (Lipinski definition) is 3. The van der Waals surface area contributed by atoms with Crippen LogP contribution in [0.15, 0.2) is 0 Å². The summed E-state index contributed by atoms with van der Waals surface area (Å²) in [5.41, 5.74) is 3.61. The molecule has 0 amide bonds. The summed E-state index contributed by atoms with van der Waals surface area (Å²) in [5.74, 6) is 1.95. The molecule has 3 heteroatoms. The van der Waals surface area contributed by atoms with Crippen molar-refractivity contribution in [1.29, 1.82) is 0 Å². The maximum absolute atomic E-state index is 5.49. The Hall–Kier alpha value is -1.25. The van der Waals surface area contributed by atoms with Crippen LogP contribution in [0.3, 0.4) is 0 Å². The zero-order valence-corrected chi connectivity index (χ0v) is 9.76. The number of fused-ring (bicyclic) bond motifs is 1. The molecule has 1 aliphatic rings. The lowest BCUT2D eigenvalue weighted by Gasteiger charge is -2.15. The molecule has 0 radical (unpaired) electrons. The van der Waals surface area contributed by atoms with Crippen molar-refractivity contribution in [2.45, 2.75) is 40.0 Å². The van der Waals surface area contributed by atoms with Crippen molar-refractivity contribution < 1.29 is 9.47 Å². The van der Waals surface area contributed by atoms with Gasteiger partial charge in [0, 0.05) is 11.3 Å². The van der Waals surface area contributed by atoms with E-state index in [0.29, 0.717) is 18.6 Å². The number of hydrogen-bond donors (Lipinski definition) is 0.